The number of benzene rings is 1. The Morgan fingerprint density at radius 1 is 1.44 bits per heavy atom. The first-order chi connectivity index (χ1) is 8.54. The van der Waals surface area contributed by atoms with Crippen molar-refractivity contribution in [2.24, 2.45) is 7.05 Å². The van der Waals surface area contributed by atoms with Crippen LogP contribution in [0.15, 0.2) is 24.4 Å². The fourth-order valence-electron chi connectivity index (χ4n) is 2.33. The van der Waals surface area contributed by atoms with E-state index >= 15 is 0 Å². The van der Waals surface area contributed by atoms with Gasteiger partial charge in [0.25, 0.3) is 0 Å². The monoisotopic (exact) mass is 244 g/mol. The van der Waals surface area contributed by atoms with Gasteiger partial charge in [0.05, 0.1) is 6.04 Å². The van der Waals surface area contributed by atoms with Gasteiger partial charge in [0.15, 0.2) is 5.78 Å². The van der Waals surface area contributed by atoms with E-state index in [0.29, 0.717) is 0 Å². The Hall–Kier alpha value is -1.61. The van der Waals surface area contributed by atoms with E-state index in [4.69, 9.17) is 0 Å². The largest absolute Gasteiger partial charge is 0.350 e. The van der Waals surface area contributed by atoms with Crippen molar-refractivity contribution in [1.82, 2.24) is 9.88 Å². The van der Waals surface area contributed by atoms with Crippen molar-refractivity contribution in [3.63, 3.8) is 0 Å². The van der Waals surface area contributed by atoms with Crippen LogP contribution in [-0.4, -0.2) is 22.9 Å². The van der Waals surface area contributed by atoms with Gasteiger partial charge in [-0.15, -0.1) is 0 Å². The lowest BCUT2D eigenvalue weighted by molar-refractivity contribution is 0.0953. The van der Waals surface area contributed by atoms with E-state index in [9.17, 15) is 4.79 Å². The van der Waals surface area contributed by atoms with Gasteiger partial charge < -0.3 is 9.88 Å². The molecule has 0 radical (unpaired) electrons. The van der Waals surface area contributed by atoms with Gasteiger partial charge in [0.1, 0.15) is 0 Å². The van der Waals surface area contributed by atoms with Gasteiger partial charge >= 0.3 is 0 Å². The number of likely N-dealkylation sites (N-methyl/N-ethyl adjacent to an activating group) is 1. The van der Waals surface area contributed by atoms with Crippen molar-refractivity contribution in [2.45, 2.75) is 26.8 Å². The third kappa shape index (κ3) is 2.18. The van der Waals surface area contributed by atoms with E-state index in [1.165, 1.54) is 5.56 Å². The average molecular weight is 244 g/mol. The van der Waals surface area contributed by atoms with Crippen LogP contribution in [0, 0.1) is 6.92 Å². The molecule has 18 heavy (non-hydrogen) atoms. The molecular weight excluding hydrogens is 224 g/mol. The summed E-state index contributed by atoms with van der Waals surface area (Å²) >= 11 is 0. The van der Waals surface area contributed by atoms with E-state index in [1.807, 2.05) is 31.7 Å². The molecule has 3 heteroatoms. The van der Waals surface area contributed by atoms with Crippen LogP contribution < -0.4 is 5.32 Å². The van der Waals surface area contributed by atoms with E-state index in [-0.39, 0.29) is 11.8 Å². The average Bonchev–Trinajstić information content (AvgIpc) is 2.65. The molecule has 2 aromatic rings. The number of Topliss-reactive ketones (excluding diaryl/α,β-unsaturated/α-hetero) is 1. The molecule has 1 atom stereocenters. The molecule has 0 saturated heterocycles. The molecule has 0 fully saturated rings. The summed E-state index contributed by atoms with van der Waals surface area (Å²) in [5.41, 5.74) is 3.09. The second-order valence-corrected chi connectivity index (χ2v) is 4.82. The number of hydrogen-bond acceptors (Lipinski definition) is 2. The van der Waals surface area contributed by atoms with Gasteiger partial charge in [-0.3, -0.25) is 4.79 Å². The predicted molar refractivity (Wildman–Crippen MR) is 75.1 cm³/mol. The minimum Gasteiger partial charge on any atom is -0.350 e. The first-order valence-corrected chi connectivity index (χ1v) is 6.38. The van der Waals surface area contributed by atoms with E-state index in [2.05, 4.69) is 30.4 Å². The number of carbonyl (C=O) groups is 1. The maximum atomic E-state index is 12.4. The highest BCUT2D eigenvalue weighted by Crippen LogP contribution is 2.23. The summed E-state index contributed by atoms with van der Waals surface area (Å²) in [5.74, 6) is 0.160. The summed E-state index contributed by atoms with van der Waals surface area (Å²) in [6.07, 6.45) is 1.93. The van der Waals surface area contributed by atoms with Gasteiger partial charge in [0, 0.05) is 29.7 Å². The highest BCUT2D eigenvalue weighted by atomic mass is 16.1. The highest BCUT2D eigenvalue weighted by Gasteiger charge is 2.18. The number of nitrogens with zero attached hydrogens (tertiary/aromatic N) is 1. The summed E-state index contributed by atoms with van der Waals surface area (Å²) in [6.45, 7) is 6.78. The molecule has 1 aromatic heterocycles. The van der Waals surface area contributed by atoms with E-state index in [1.54, 1.807) is 0 Å². The van der Waals surface area contributed by atoms with Crippen molar-refractivity contribution < 1.29 is 4.79 Å². The molecule has 1 aromatic carbocycles. The minimum atomic E-state index is -0.138. The molecule has 3 nitrogen and oxygen atoms in total. The Morgan fingerprint density at radius 3 is 2.83 bits per heavy atom. The van der Waals surface area contributed by atoms with Crippen LogP contribution >= 0.6 is 0 Å². The summed E-state index contributed by atoms with van der Waals surface area (Å²) in [7, 11) is 1.98. The quantitative estimate of drug-likeness (QED) is 0.839. The van der Waals surface area contributed by atoms with Crippen LogP contribution in [0.5, 0.6) is 0 Å². The molecule has 0 aliphatic heterocycles. The number of aromatic nitrogens is 1. The SMILES string of the molecule is CCNC(C)C(=O)c1cn(C)c2ccc(C)cc12. The molecule has 1 N–H and O–H groups in total. The van der Waals surface area contributed by atoms with Crippen molar-refractivity contribution in [2.75, 3.05) is 6.54 Å². The second kappa shape index (κ2) is 4.94. The first kappa shape index (κ1) is 12.8. The summed E-state index contributed by atoms with van der Waals surface area (Å²) in [6, 6.07) is 6.09. The Balaban J connectivity index is 2.51. The lowest BCUT2D eigenvalue weighted by Gasteiger charge is -2.10. The van der Waals surface area contributed by atoms with Gasteiger partial charge in [0.2, 0.25) is 0 Å². The van der Waals surface area contributed by atoms with Crippen molar-refractivity contribution in [3.8, 4) is 0 Å². The van der Waals surface area contributed by atoms with Crippen molar-refractivity contribution in [3.05, 3.63) is 35.5 Å². The van der Waals surface area contributed by atoms with Crippen LogP contribution in [0.3, 0.4) is 0 Å². The standard InChI is InChI=1S/C15H20N2O/c1-5-16-11(3)15(18)13-9-17(4)14-7-6-10(2)8-12(13)14/h6-9,11,16H,5H2,1-4H3. The Morgan fingerprint density at radius 2 is 2.17 bits per heavy atom. The fraction of sp³-hybridized carbons (Fsp3) is 0.400. The Labute approximate surface area is 108 Å². The third-order valence-corrected chi connectivity index (χ3v) is 3.31. The zero-order valence-corrected chi connectivity index (χ0v) is 11.4. The molecule has 0 spiro atoms. The first-order valence-electron chi connectivity index (χ1n) is 6.38. The summed E-state index contributed by atoms with van der Waals surface area (Å²) in [5, 5.41) is 4.22. The fourth-order valence-corrected chi connectivity index (χ4v) is 2.33. The molecule has 96 valence electrons. The van der Waals surface area contributed by atoms with Gasteiger partial charge in [-0.25, -0.2) is 0 Å². The second-order valence-electron chi connectivity index (χ2n) is 4.82. The number of fused-ring (bicyclic) bond motifs is 1. The number of hydrogen-bond donors (Lipinski definition) is 1. The molecular formula is C15H20N2O. The number of rotatable bonds is 4. The minimum absolute atomic E-state index is 0.138. The lowest BCUT2D eigenvalue weighted by atomic mass is 10.0. The summed E-state index contributed by atoms with van der Waals surface area (Å²) in [4.78, 5) is 12.4. The van der Waals surface area contributed by atoms with E-state index < -0.39 is 0 Å². The van der Waals surface area contributed by atoms with Crippen LogP contribution in [0.2, 0.25) is 0 Å². The Bertz CT molecular complexity index is 583. The van der Waals surface area contributed by atoms with Gasteiger partial charge in [-0.05, 0) is 32.5 Å². The third-order valence-electron chi connectivity index (χ3n) is 3.31. The molecule has 0 saturated carbocycles. The van der Waals surface area contributed by atoms with E-state index in [0.717, 1.165) is 23.0 Å². The Kier molecular flexibility index (Phi) is 3.53. The maximum Gasteiger partial charge on any atom is 0.181 e. The van der Waals surface area contributed by atoms with Crippen molar-refractivity contribution >= 4 is 16.7 Å². The topological polar surface area (TPSA) is 34.0 Å². The zero-order valence-electron chi connectivity index (χ0n) is 11.4. The van der Waals surface area contributed by atoms with Crippen molar-refractivity contribution in [1.29, 1.82) is 0 Å². The maximum absolute atomic E-state index is 12.4. The van der Waals surface area contributed by atoms with Gasteiger partial charge in [-0.2, -0.15) is 0 Å². The van der Waals surface area contributed by atoms with Crippen LogP contribution in [-0.2, 0) is 7.05 Å². The summed E-state index contributed by atoms with van der Waals surface area (Å²) < 4.78 is 2.01. The molecule has 2 rings (SSSR count). The smallest absolute Gasteiger partial charge is 0.181 e. The normalized spacial score (nSPS) is 12.9. The molecule has 0 aliphatic rings. The number of carbonyl (C=O) groups excluding carboxylic acids is 1. The number of aryl methyl sites for hydroxylation is 2. The predicted octanol–water partition coefficient (Wildman–Crippen LogP) is 2.67. The molecule has 0 amide bonds. The number of nitrogens with one attached hydrogen (secondary N) is 1. The molecule has 1 unspecified atom stereocenters. The lowest BCUT2D eigenvalue weighted by Crippen LogP contribution is -2.33. The van der Waals surface area contributed by atoms with Gasteiger partial charge in [-0.1, -0.05) is 18.6 Å². The zero-order chi connectivity index (χ0) is 13.3. The van der Waals surface area contributed by atoms with Crippen LogP contribution in [0.4, 0.5) is 0 Å². The van der Waals surface area contributed by atoms with Crippen LogP contribution in [0.1, 0.15) is 29.8 Å². The molecule has 0 bridgehead atoms. The molecule has 0 aliphatic carbocycles. The van der Waals surface area contributed by atoms with Crippen LogP contribution in [0.25, 0.3) is 10.9 Å². The number of ketones is 1. The molecule has 1 heterocycles. The highest BCUT2D eigenvalue weighted by molar-refractivity contribution is 6.10.